The minimum atomic E-state index is -1.05. The van der Waals surface area contributed by atoms with E-state index >= 15 is 0 Å². The highest BCUT2D eigenvalue weighted by atomic mass is 16.5. The zero-order valence-corrected chi connectivity index (χ0v) is 14.8. The van der Waals surface area contributed by atoms with Crippen LogP contribution in [0.25, 0.3) is 0 Å². The molecule has 1 heterocycles. The zero-order chi connectivity index (χ0) is 18.1. The molecule has 1 spiro atoms. The van der Waals surface area contributed by atoms with Crippen LogP contribution in [-0.4, -0.2) is 52.8 Å². The zero-order valence-electron chi connectivity index (χ0n) is 14.8. The minimum Gasteiger partial charge on any atom is -0.482 e. The summed E-state index contributed by atoms with van der Waals surface area (Å²) in [5.74, 6) is -0.727. The largest absolute Gasteiger partial charge is 0.482 e. The van der Waals surface area contributed by atoms with Crippen LogP contribution in [0.1, 0.15) is 49.9 Å². The van der Waals surface area contributed by atoms with Crippen LogP contribution in [0.15, 0.2) is 24.3 Å². The molecular weight excluding hydrogens is 322 g/mol. The van der Waals surface area contributed by atoms with Gasteiger partial charge in [-0.25, -0.2) is 4.79 Å². The molecule has 1 aliphatic carbocycles. The lowest BCUT2D eigenvalue weighted by Crippen LogP contribution is -2.60. The number of carboxylic acid groups (broad SMARTS) is 1. The van der Waals surface area contributed by atoms with Crippen molar-refractivity contribution in [3.8, 4) is 5.75 Å². The van der Waals surface area contributed by atoms with Crippen LogP contribution in [0.5, 0.6) is 5.75 Å². The summed E-state index contributed by atoms with van der Waals surface area (Å²) in [4.78, 5) is 25.5. The minimum absolute atomic E-state index is 0.0663. The maximum atomic E-state index is 13.0. The van der Waals surface area contributed by atoms with Gasteiger partial charge >= 0.3 is 5.97 Å². The van der Waals surface area contributed by atoms with E-state index < -0.39 is 12.6 Å². The topological polar surface area (TPSA) is 76.1 Å². The number of hydrogen-bond donors (Lipinski definition) is 1. The Bertz CT molecular complexity index is 664. The number of rotatable bonds is 4. The van der Waals surface area contributed by atoms with Crippen LogP contribution in [0.2, 0.25) is 0 Å². The van der Waals surface area contributed by atoms with Gasteiger partial charge in [0.2, 0.25) is 0 Å². The Hall–Kier alpha value is -2.08. The van der Waals surface area contributed by atoms with Crippen LogP contribution in [0, 0.1) is 0 Å². The molecule has 136 valence electrons. The van der Waals surface area contributed by atoms with Crippen molar-refractivity contribution in [1.29, 1.82) is 0 Å². The summed E-state index contributed by atoms with van der Waals surface area (Å²) >= 11 is 0. The van der Waals surface area contributed by atoms with Crippen molar-refractivity contribution in [1.82, 2.24) is 4.90 Å². The summed E-state index contributed by atoms with van der Waals surface area (Å²) in [5, 5.41) is 8.72. The summed E-state index contributed by atoms with van der Waals surface area (Å²) in [6, 6.07) is 6.71. The molecule has 6 nitrogen and oxygen atoms in total. The summed E-state index contributed by atoms with van der Waals surface area (Å²) in [7, 11) is 0. The molecule has 1 amide bonds. The summed E-state index contributed by atoms with van der Waals surface area (Å²) in [6.07, 6.45) is 4.25. The van der Waals surface area contributed by atoms with Gasteiger partial charge in [0.15, 0.2) is 6.61 Å². The van der Waals surface area contributed by atoms with Gasteiger partial charge < -0.3 is 19.5 Å². The SMILES string of the molecule is CC1(C)CN(C(=O)c2cccc(OCC(=O)O)c2)CC2(CCCC2)O1. The van der Waals surface area contributed by atoms with Crippen molar-refractivity contribution in [2.24, 2.45) is 0 Å². The molecule has 0 atom stereocenters. The average molecular weight is 347 g/mol. The van der Waals surface area contributed by atoms with Crippen molar-refractivity contribution in [3.63, 3.8) is 0 Å². The van der Waals surface area contributed by atoms with Gasteiger partial charge in [-0.3, -0.25) is 4.79 Å². The fourth-order valence-electron chi connectivity index (χ4n) is 3.98. The van der Waals surface area contributed by atoms with Gasteiger partial charge in [-0.05, 0) is 44.9 Å². The quantitative estimate of drug-likeness (QED) is 0.906. The van der Waals surface area contributed by atoms with Crippen molar-refractivity contribution in [2.75, 3.05) is 19.7 Å². The molecular formula is C19H25NO5. The van der Waals surface area contributed by atoms with Crippen molar-refractivity contribution >= 4 is 11.9 Å². The molecule has 1 saturated heterocycles. The van der Waals surface area contributed by atoms with Gasteiger partial charge in [0.1, 0.15) is 5.75 Å². The number of nitrogens with zero attached hydrogens (tertiary/aromatic N) is 1. The normalized spacial score (nSPS) is 21.3. The first-order chi connectivity index (χ1) is 11.8. The molecule has 0 bridgehead atoms. The Morgan fingerprint density at radius 3 is 2.64 bits per heavy atom. The molecule has 2 fully saturated rings. The second kappa shape index (κ2) is 6.67. The van der Waals surface area contributed by atoms with E-state index in [1.807, 2.05) is 18.7 Å². The average Bonchev–Trinajstić information content (AvgIpc) is 2.98. The van der Waals surface area contributed by atoms with Crippen LogP contribution in [0.4, 0.5) is 0 Å². The van der Waals surface area contributed by atoms with Gasteiger partial charge in [0, 0.05) is 12.1 Å². The highest BCUT2D eigenvalue weighted by Crippen LogP contribution is 2.41. The number of ether oxygens (including phenoxy) is 2. The first-order valence-electron chi connectivity index (χ1n) is 8.73. The van der Waals surface area contributed by atoms with Crippen LogP contribution < -0.4 is 4.74 Å². The molecule has 0 radical (unpaired) electrons. The first kappa shape index (κ1) is 17.7. The van der Waals surface area contributed by atoms with Crippen LogP contribution in [0.3, 0.4) is 0 Å². The van der Waals surface area contributed by atoms with Gasteiger partial charge in [0.05, 0.1) is 17.7 Å². The monoisotopic (exact) mass is 347 g/mol. The van der Waals surface area contributed by atoms with E-state index in [9.17, 15) is 9.59 Å². The molecule has 6 heteroatoms. The highest BCUT2D eigenvalue weighted by Gasteiger charge is 2.47. The van der Waals surface area contributed by atoms with E-state index in [2.05, 4.69) is 0 Å². The van der Waals surface area contributed by atoms with Gasteiger partial charge in [-0.1, -0.05) is 18.9 Å². The third kappa shape index (κ3) is 4.12. The molecule has 3 rings (SSSR count). The van der Waals surface area contributed by atoms with E-state index in [0.29, 0.717) is 24.4 Å². The standard InChI is InChI=1S/C19H25NO5/c1-18(2)12-20(13-19(25-18)8-3-4-9-19)17(23)14-6-5-7-15(10-14)24-11-16(21)22/h5-7,10H,3-4,8-9,11-13H2,1-2H3,(H,21,22). The Balaban J connectivity index is 1.77. The first-order valence-corrected chi connectivity index (χ1v) is 8.73. The Kier molecular flexibility index (Phi) is 4.73. The second-order valence-corrected chi connectivity index (χ2v) is 7.62. The lowest BCUT2D eigenvalue weighted by Gasteiger charge is -2.48. The fraction of sp³-hybridized carbons (Fsp3) is 0.579. The van der Waals surface area contributed by atoms with Crippen molar-refractivity contribution < 1.29 is 24.2 Å². The maximum Gasteiger partial charge on any atom is 0.341 e. The lowest BCUT2D eigenvalue weighted by atomic mass is 9.93. The number of benzene rings is 1. The maximum absolute atomic E-state index is 13.0. The number of morpholine rings is 1. The highest BCUT2D eigenvalue weighted by molar-refractivity contribution is 5.94. The lowest BCUT2D eigenvalue weighted by molar-refractivity contribution is -0.184. The predicted molar refractivity (Wildman–Crippen MR) is 91.8 cm³/mol. The number of aliphatic carboxylic acids is 1. The number of carboxylic acids is 1. The molecule has 2 aliphatic rings. The van der Waals surface area contributed by atoms with E-state index in [-0.39, 0.29) is 17.1 Å². The summed E-state index contributed by atoms with van der Waals surface area (Å²) in [5.41, 5.74) is -0.0986. The molecule has 1 saturated carbocycles. The molecule has 1 aromatic rings. The van der Waals surface area contributed by atoms with Gasteiger partial charge in [-0.15, -0.1) is 0 Å². The molecule has 0 unspecified atom stereocenters. The number of amides is 1. The van der Waals surface area contributed by atoms with E-state index in [4.69, 9.17) is 14.6 Å². The molecule has 0 aromatic heterocycles. The molecule has 1 aromatic carbocycles. The number of hydrogen-bond acceptors (Lipinski definition) is 4. The third-order valence-corrected chi connectivity index (χ3v) is 4.79. The van der Waals surface area contributed by atoms with E-state index in [1.165, 1.54) is 0 Å². The van der Waals surface area contributed by atoms with Crippen LogP contribution in [-0.2, 0) is 9.53 Å². The van der Waals surface area contributed by atoms with Crippen molar-refractivity contribution in [2.45, 2.75) is 50.7 Å². The number of carbonyl (C=O) groups is 2. The Labute approximate surface area is 147 Å². The van der Waals surface area contributed by atoms with E-state index in [0.717, 1.165) is 25.7 Å². The molecule has 25 heavy (non-hydrogen) atoms. The fourth-order valence-corrected chi connectivity index (χ4v) is 3.98. The molecule has 1 aliphatic heterocycles. The Morgan fingerprint density at radius 1 is 1.24 bits per heavy atom. The Morgan fingerprint density at radius 2 is 1.96 bits per heavy atom. The smallest absolute Gasteiger partial charge is 0.341 e. The van der Waals surface area contributed by atoms with Gasteiger partial charge in [-0.2, -0.15) is 0 Å². The third-order valence-electron chi connectivity index (χ3n) is 4.79. The predicted octanol–water partition coefficient (Wildman–Crippen LogP) is 2.71. The van der Waals surface area contributed by atoms with Crippen LogP contribution >= 0.6 is 0 Å². The number of carbonyl (C=O) groups excluding carboxylic acids is 1. The second-order valence-electron chi connectivity index (χ2n) is 7.62. The summed E-state index contributed by atoms with van der Waals surface area (Å²) in [6.45, 7) is 4.77. The van der Waals surface area contributed by atoms with E-state index in [1.54, 1.807) is 24.3 Å². The van der Waals surface area contributed by atoms with Crippen molar-refractivity contribution in [3.05, 3.63) is 29.8 Å². The van der Waals surface area contributed by atoms with Gasteiger partial charge in [0.25, 0.3) is 5.91 Å². The summed E-state index contributed by atoms with van der Waals surface area (Å²) < 4.78 is 11.5. The molecule has 1 N–H and O–H groups in total.